The first-order valence-electron chi connectivity index (χ1n) is 11.2. The monoisotopic (exact) mass is 540 g/mol. The van der Waals surface area contributed by atoms with Crippen molar-refractivity contribution in [2.24, 2.45) is 7.05 Å². The topological polar surface area (TPSA) is 105 Å². The molecule has 0 fully saturated rings. The smallest absolute Gasteiger partial charge is 0.436 e. The molecule has 12 heteroatoms. The van der Waals surface area contributed by atoms with Gasteiger partial charge in [0.2, 0.25) is 0 Å². The minimum absolute atomic E-state index is 0.0380. The lowest BCUT2D eigenvalue weighted by molar-refractivity contribution is -0.670. The highest BCUT2D eigenvalue weighted by atomic mass is 32.2. The number of pyridine rings is 1. The Morgan fingerprint density at radius 1 is 1.13 bits per heavy atom. The van der Waals surface area contributed by atoms with E-state index in [4.69, 9.17) is 13.3 Å². The Morgan fingerprint density at radius 3 is 2.68 bits per heavy atom. The quantitative estimate of drug-likeness (QED) is 0.227. The Bertz CT molecular complexity index is 1850. The zero-order valence-corrected chi connectivity index (χ0v) is 20.9. The summed E-state index contributed by atoms with van der Waals surface area (Å²) in [5.74, 6) is -2.10. The molecule has 194 valence electrons. The van der Waals surface area contributed by atoms with Crippen molar-refractivity contribution in [3.63, 3.8) is 0 Å². The predicted octanol–water partition coefficient (Wildman–Crippen LogP) is 3.96. The molecule has 0 aliphatic heterocycles. The number of imidazole rings is 1. The number of benzene rings is 2. The minimum Gasteiger partial charge on any atom is -0.436 e. The van der Waals surface area contributed by atoms with E-state index in [1.54, 1.807) is 26.1 Å². The number of halogens is 2. The van der Waals surface area contributed by atoms with Gasteiger partial charge in [0.05, 0.1) is 7.05 Å². The molecule has 0 spiro atoms. The zero-order chi connectivity index (χ0) is 27.0. The molecule has 0 N–H and O–H groups in total. The Balaban J connectivity index is 1.45. The van der Waals surface area contributed by atoms with Crippen molar-refractivity contribution < 1.29 is 35.1 Å². The summed E-state index contributed by atoms with van der Waals surface area (Å²) in [5, 5.41) is 0.560. The predicted molar refractivity (Wildman–Crippen MR) is 131 cm³/mol. The van der Waals surface area contributed by atoms with Crippen molar-refractivity contribution >= 4 is 21.3 Å². The highest BCUT2D eigenvalue weighted by Crippen LogP contribution is 2.30. The van der Waals surface area contributed by atoms with Crippen LogP contribution in [0.1, 0.15) is 16.7 Å². The van der Waals surface area contributed by atoms with Gasteiger partial charge in [0.15, 0.2) is 23.6 Å². The molecule has 5 aromatic rings. The van der Waals surface area contributed by atoms with Crippen molar-refractivity contribution in [2.45, 2.75) is 13.3 Å². The zero-order valence-electron chi connectivity index (χ0n) is 20.1. The van der Waals surface area contributed by atoms with Crippen molar-refractivity contribution in [2.75, 3.05) is 0 Å². The average Bonchev–Trinajstić information content (AvgIpc) is 3.32. The van der Waals surface area contributed by atoms with Crippen molar-refractivity contribution in [3.8, 4) is 17.4 Å². The average molecular weight is 541 g/mol. The van der Waals surface area contributed by atoms with Gasteiger partial charge < -0.3 is 13.3 Å². The minimum atomic E-state index is -4.34. The lowest BCUT2D eigenvalue weighted by Gasteiger charge is -2.11. The van der Waals surface area contributed by atoms with Crippen LogP contribution in [0.15, 0.2) is 82.7 Å². The van der Waals surface area contributed by atoms with Crippen molar-refractivity contribution in [1.29, 1.82) is 0 Å². The van der Waals surface area contributed by atoms with Crippen molar-refractivity contribution in [1.82, 2.24) is 8.96 Å². The van der Waals surface area contributed by atoms with Gasteiger partial charge in [-0.1, -0.05) is 16.1 Å². The molecule has 38 heavy (non-hydrogen) atoms. The van der Waals surface area contributed by atoms with E-state index >= 15 is 4.39 Å². The van der Waals surface area contributed by atoms with Crippen LogP contribution in [0.2, 0.25) is 0 Å². The number of hydrogen-bond donors (Lipinski definition) is 0. The van der Waals surface area contributed by atoms with Gasteiger partial charge in [-0.2, -0.15) is 0 Å². The number of rotatable bonds is 7. The van der Waals surface area contributed by atoms with E-state index in [-0.39, 0.29) is 34.8 Å². The maximum atomic E-state index is 15.3. The summed E-state index contributed by atoms with van der Waals surface area (Å²) in [6.07, 6.45) is 5.20. The molecule has 0 aliphatic rings. The van der Waals surface area contributed by atoms with Crippen LogP contribution in [0, 0.1) is 18.6 Å². The fourth-order valence-corrected chi connectivity index (χ4v) is 4.77. The summed E-state index contributed by atoms with van der Waals surface area (Å²) in [6.45, 7) is 1.68. The van der Waals surface area contributed by atoms with Crippen molar-refractivity contribution in [3.05, 3.63) is 112 Å². The number of aromatic nitrogens is 3. The first-order valence-corrected chi connectivity index (χ1v) is 12.6. The van der Waals surface area contributed by atoms with Crippen LogP contribution in [0.3, 0.4) is 0 Å². The lowest BCUT2D eigenvalue weighted by atomic mass is 9.99. The molecule has 0 bridgehead atoms. The second kappa shape index (κ2) is 9.71. The molecular formula is C26H20F2N3O6S+. The summed E-state index contributed by atoms with van der Waals surface area (Å²) >= 11 is 0. The van der Waals surface area contributed by atoms with E-state index < -0.39 is 33.3 Å². The van der Waals surface area contributed by atoms with Crippen LogP contribution in [-0.2, 0) is 23.8 Å². The number of fused-ring (bicyclic) bond motifs is 1. The number of nitrogens with zero attached hydrogens (tertiary/aromatic N) is 3. The molecule has 0 unspecified atom stereocenters. The molecule has 3 aromatic heterocycles. The molecule has 0 radical (unpaired) electrons. The molecule has 0 atom stereocenters. The van der Waals surface area contributed by atoms with Crippen LogP contribution in [-0.4, -0.2) is 17.4 Å². The number of hydrogen-bond acceptors (Lipinski definition) is 7. The fourth-order valence-electron chi connectivity index (χ4n) is 3.86. The Kier molecular flexibility index (Phi) is 6.41. The second-order valence-electron chi connectivity index (χ2n) is 8.40. The van der Waals surface area contributed by atoms with Gasteiger partial charge in [0.1, 0.15) is 17.5 Å². The van der Waals surface area contributed by atoms with Crippen LogP contribution in [0.25, 0.3) is 11.0 Å². The molecule has 0 saturated heterocycles. The maximum absolute atomic E-state index is 15.3. The fraction of sp³-hybridized carbons (Fsp3) is 0.115. The standard InChI is InChI=1S/C26H20F2N3O6S/c1-16-19-9-8-18(35-25-21(27)6-4-10-29-25)14-23(19)36-26(32)20(16)13-17-5-3-7-22(24(17)28)37-38(33,34)31-12-11-30(2)15-31/h3-12,14-15H,13H2,1-2H3/q+1. The number of aryl methyl sites for hydroxylation is 2. The van der Waals surface area contributed by atoms with E-state index in [0.29, 0.717) is 10.9 Å². The highest BCUT2D eigenvalue weighted by Gasteiger charge is 2.25. The third-order valence-electron chi connectivity index (χ3n) is 5.81. The summed E-state index contributed by atoms with van der Waals surface area (Å²) in [6, 6.07) is 11.3. The summed E-state index contributed by atoms with van der Waals surface area (Å²) in [4.78, 5) is 16.7. The van der Waals surface area contributed by atoms with Crippen LogP contribution in [0.5, 0.6) is 17.4 Å². The molecular weight excluding hydrogens is 520 g/mol. The molecule has 0 amide bonds. The summed E-state index contributed by atoms with van der Waals surface area (Å²) in [5.41, 5.74) is 0.224. The van der Waals surface area contributed by atoms with E-state index in [0.717, 1.165) is 3.97 Å². The molecule has 0 saturated carbocycles. The molecule has 9 nitrogen and oxygen atoms in total. The van der Waals surface area contributed by atoms with E-state index in [9.17, 15) is 17.6 Å². The summed E-state index contributed by atoms with van der Waals surface area (Å²) < 4.78 is 72.4. The Morgan fingerprint density at radius 2 is 1.95 bits per heavy atom. The number of ether oxygens (including phenoxy) is 1. The molecule has 2 aromatic carbocycles. The van der Waals surface area contributed by atoms with Gasteiger partial charge in [0, 0.05) is 29.6 Å². The highest BCUT2D eigenvalue weighted by molar-refractivity contribution is 7.85. The van der Waals surface area contributed by atoms with Gasteiger partial charge >= 0.3 is 15.9 Å². The van der Waals surface area contributed by atoms with E-state index in [1.807, 2.05) is 0 Å². The Labute approximate surface area is 215 Å². The summed E-state index contributed by atoms with van der Waals surface area (Å²) in [7, 11) is -2.72. The normalized spacial score (nSPS) is 11.6. The van der Waals surface area contributed by atoms with Crippen LogP contribution in [0.4, 0.5) is 8.78 Å². The van der Waals surface area contributed by atoms with E-state index in [1.165, 1.54) is 65.9 Å². The largest absolute Gasteiger partial charge is 0.491 e. The molecule has 3 heterocycles. The maximum Gasteiger partial charge on any atom is 0.491 e. The third kappa shape index (κ3) is 4.85. The van der Waals surface area contributed by atoms with E-state index in [2.05, 4.69) is 4.98 Å². The SMILES string of the molecule is Cc1c(Cc2cccc(OS(=O)(=O)n3cc[n+](C)c3)c2F)c(=O)oc2cc(Oc3ncccc3F)ccc12. The first kappa shape index (κ1) is 25.1. The van der Waals surface area contributed by atoms with Gasteiger partial charge in [-0.3, -0.25) is 0 Å². The Hall–Kier alpha value is -4.58. The van der Waals surface area contributed by atoms with Crippen LogP contribution >= 0.6 is 0 Å². The second-order valence-corrected chi connectivity index (χ2v) is 9.84. The molecule has 5 rings (SSSR count). The molecule has 0 aliphatic carbocycles. The van der Waals surface area contributed by atoms with Gasteiger partial charge in [-0.05, 0) is 48.4 Å². The van der Waals surface area contributed by atoms with Gasteiger partial charge in [-0.25, -0.2) is 23.1 Å². The lowest BCUT2D eigenvalue weighted by Crippen LogP contribution is -2.26. The van der Waals surface area contributed by atoms with Crippen LogP contribution < -0.4 is 19.1 Å². The van der Waals surface area contributed by atoms with Gasteiger partial charge in [-0.15, -0.1) is 8.42 Å². The third-order valence-corrected chi connectivity index (χ3v) is 6.93. The first-order chi connectivity index (χ1) is 18.1. The van der Waals surface area contributed by atoms with Gasteiger partial charge in [0.25, 0.3) is 12.2 Å².